The van der Waals surface area contributed by atoms with Gasteiger partial charge >= 0.3 is 0 Å². The second-order valence-corrected chi connectivity index (χ2v) is 2.50. The van der Waals surface area contributed by atoms with Gasteiger partial charge in [-0.05, 0) is 6.42 Å². The third-order valence-electron chi connectivity index (χ3n) is 1.47. The van der Waals surface area contributed by atoms with Gasteiger partial charge in [0.15, 0.2) is 5.69 Å². The van der Waals surface area contributed by atoms with E-state index in [9.17, 15) is 4.79 Å². The van der Waals surface area contributed by atoms with E-state index < -0.39 is 5.56 Å². The Labute approximate surface area is 69.3 Å². The number of nitrogens with two attached hydrogens (primary N) is 1. The molecule has 4 N–H and O–H groups in total. The van der Waals surface area contributed by atoms with Gasteiger partial charge < -0.3 is 15.8 Å². The number of nitrogen functional groups attached to an aromatic ring is 1. The molecule has 1 aromatic rings. The molecule has 0 aliphatic heterocycles. The molecule has 0 aromatic carbocycles. The Kier molecular flexibility index (Phi) is 2.32. The van der Waals surface area contributed by atoms with Crippen molar-refractivity contribution < 1.29 is 5.11 Å². The summed E-state index contributed by atoms with van der Waals surface area (Å²) in [6.07, 6.45) is 1.48. The third kappa shape index (κ3) is 1.55. The minimum Gasteiger partial charge on any atom is -0.492 e. The fourth-order valence-electron chi connectivity index (χ4n) is 0.871. The normalized spacial score (nSPS) is 10.1. The lowest BCUT2D eigenvalue weighted by atomic mass is 10.3. The fraction of sp³-hybridized carbons (Fsp3) is 0.429. The molecule has 0 radical (unpaired) electrons. The topological polar surface area (TPSA) is 92.0 Å². The summed E-state index contributed by atoms with van der Waals surface area (Å²) in [6.45, 7) is 1.95. The first-order chi connectivity index (χ1) is 5.65. The number of anilines is 1. The van der Waals surface area contributed by atoms with Gasteiger partial charge in [-0.15, -0.1) is 0 Å². The lowest BCUT2D eigenvalue weighted by Gasteiger charge is -2.00. The number of hydrogen-bond acceptors (Lipinski definition) is 4. The SMILES string of the molecule is CCCc1nc(O)c(N)c(=O)[nH]1. The van der Waals surface area contributed by atoms with Gasteiger partial charge in [0, 0.05) is 6.42 Å². The first-order valence-corrected chi connectivity index (χ1v) is 3.72. The number of aromatic amines is 1. The number of nitrogens with one attached hydrogen (secondary N) is 1. The van der Waals surface area contributed by atoms with E-state index in [-0.39, 0.29) is 11.6 Å². The monoisotopic (exact) mass is 169 g/mol. The molecule has 12 heavy (non-hydrogen) atoms. The van der Waals surface area contributed by atoms with Crippen LogP contribution in [0.5, 0.6) is 5.88 Å². The molecule has 5 heteroatoms. The van der Waals surface area contributed by atoms with Gasteiger partial charge in [-0.1, -0.05) is 6.92 Å². The smallest absolute Gasteiger partial charge is 0.278 e. The summed E-state index contributed by atoms with van der Waals surface area (Å²) in [7, 11) is 0. The number of aromatic hydroxyl groups is 1. The lowest BCUT2D eigenvalue weighted by molar-refractivity contribution is 0.450. The van der Waals surface area contributed by atoms with Gasteiger partial charge in [-0.25, -0.2) is 0 Å². The molecule has 1 aromatic heterocycles. The van der Waals surface area contributed by atoms with Crippen molar-refractivity contribution in [1.29, 1.82) is 0 Å². The number of aryl methyl sites for hydroxylation is 1. The van der Waals surface area contributed by atoms with Crippen LogP contribution >= 0.6 is 0 Å². The highest BCUT2D eigenvalue weighted by Crippen LogP contribution is 2.09. The Hall–Kier alpha value is -1.52. The Morgan fingerprint density at radius 1 is 1.67 bits per heavy atom. The van der Waals surface area contributed by atoms with Gasteiger partial charge in [0.2, 0.25) is 5.88 Å². The van der Waals surface area contributed by atoms with Gasteiger partial charge in [0.25, 0.3) is 5.56 Å². The van der Waals surface area contributed by atoms with Crippen LogP contribution < -0.4 is 11.3 Å². The van der Waals surface area contributed by atoms with E-state index in [1.807, 2.05) is 6.92 Å². The van der Waals surface area contributed by atoms with Crippen molar-refractivity contribution in [2.24, 2.45) is 0 Å². The van der Waals surface area contributed by atoms with Crippen LogP contribution in [0.25, 0.3) is 0 Å². The predicted octanol–water partition coefficient (Wildman–Crippen LogP) is 0.0102. The predicted molar refractivity (Wildman–Crippen MR) is 44.9 cm³/mol. The maximum atomic E-state index is 11.0. The second-order valence-electron chi connectivity index (χ2n) is 2.50. The zero-order chi connectivity index (χ0) is 9.14. The maximum Gasteiger partial charge on any atom is 0.278 e. The summed E-state index contributed by atoms with van der Waals surface area (Å²) in [5.41, 5.74) is 4.48. The zero-order valence-corrected chi connectivity index (χ0v) is 6.79. The summed E-state index contributed by atoms with van der Waals surface area (Å²) < 4.78 is 0. The summed E-state index contributed by atoms with van der Waals surface area (Å²) in [4.78, 5) is 17.1. The summed E-state index contributed by atoms with van der Waals surface area (Å²) in [5, 5.41) is 9.05. The summed E-state index contributed by atoms with van der Waals surface area (Å²) >= 11 is 0. The van der Waals surface area contributed by atoms with E-state index in [1.54, 1.807) is 0 Å². The van der Waals surface area contributed by atoms with Gasteiger partial charge in [0.1, 0.15) is 5.82 Å². The largest absolute Gasteiger partial charge is 0.492 e. The first kappa shape index (κ1) is 8.58. The molecule has 0 fully saturated rings. The van der Waals surface area contributed by atoms with E-state index in [1.165, 1.54) is 0 Å². The van der Waals surface area contributed by atoms with Crippen LogP contribution in [0.15, 0.2) is 4.79 Å². The minimum atomic E-state index is -0.481. The lowest BCUT2D eigenvalue weighted by Crippen LogP contribution is -2.15. The Morgan fingerprint density at radius 3 is 2.83 bits per heavy atom. The van der Waals surface area contributed by atoms with Crippen molar-refractivity contribution in [3.8, 4) is 5.88 Å². The molecule has 0 unspecified atom stereocenters. The molecular formula is C7H11N3O2. The minimum absolute atomic E-state index is 0.227. The van der Waals surface area contributed by atoms with Crippen LogP contribution in [-0.4, -0.2) is 15.1 Å². The van der Waals surface area contributed by atoms with Crippen molar-refractivity contribution >= 4 is 5.69 Å². The molecular weight excluding hydrogens is 158 g/mol. The van der Waals surface area contributed by atoms with Gasteiger partial charge in [0.05, 0.1) is 0 Å². The van der Waals surface area contributed by atoms with Crippen molar-refractivity contribution in [3.63, 3.8) is 0 Å². The number of rotatable bonds is 2. The van der Waals surface area contributed by atoms with Crippen LogP contribution in [-0.2, 0) is 6.42 Å². The molecule has 0 aliphatic rings. The van der Waals surface area contributed by atoms with E-state index in [0.717, 1.165) is 6.42 Å². The molecule has 0 aliphatic carbocycles. The van der Waals surface area contributed by atoms with Crippen molar-refractivity contribution in [2.45, 2.75) is 19.8 Å². The number of aromatic nitrogens is 2. The summed E-state index contributed by atoms with van der Waals surface area (Å²) in [5.74, 6) is 0.0800. The molecule has 0 atom stereocenters. The van der Waals surface area contributed by atoms with E-state index in [0.29, 0.717) is 12.2 Å². The van der Waals surface area contributed by atoms with E-state index in [4.69, 9.17) is 10.8 Å². The molecule has 1 heterocycles. The van der Waals surface area contributed by atoms with Crippen molar-refractivity contribution in [3.05, 3.63) is 16.2 Å². The highest BCUT2D eigenvalue weighted by Gasteiger charge is 2.05. The van der Waals surface area contributed by atoms with Gasteiger partial charge in [-0.2, -0.15) is 4.98 Å². The third-order valence-corrected chi connectivity index (χ3v) is 1.47. The molecule has 1 rings (SSSR count). The van der Waals surface area contributed by atoms with Crippen LogP contribution in [0.3, 0.4) is 0 Å². The molecule has 0 saturated heterocycles. The average molecular weight is 169 g/mol. The van der Waals surface area contributed by atoms with Crippen LogP contribution in [0, 0.1) is 0 Å². The quantitative estimate of drug-likeness (QED) is 0.581. The van der Waals surface area contributed by atoms with Crippen molar-refractivity contribution in [2.75, 3.05) is 5.73 Å². The number of H-pyrrole nitrogens is 1. The zero-order valence-electron chi connectivity index (χ0n) is 6.79. The average Bonchev–Trinajstić information content (AvgIpc) is 2.01. The van der Waals surface area contributed by atoms with E-state index in [2.05, 4.69) is 9.97 Å². The van der Waals surface area contributed by atoms with E-state index >= 15 is 0 Å². The first-order valence-electron chi connectivity index (χ1n) is 3.72. The standard InChI is InChI=1S/C7H11N3O2/c1-2-3-4-9-6(11)5(8)7(12)10-4/h2-3,8H2,1H3,(H2,9,10,11,12). The molecule has 0 amide bonds. The van der Waals surface area contributed by atoms with Crippen LogP contribution in [0.4, 0.5) is 5.69 Å². The summed E-state index contributed by atoms with van der Waals surface area (Å²) in [6, 6.07) is 0. The Balaban J connectivity index is 3.13. The molecule has 5 nitrogen and oxygen atoms in total. The molecule has 0 spiro atoms. The fourth-order valence-corrected chi connectivity index (χ4v) is 0.871. The maximum absolute atomic E-state index is 11.0. The number of nitrogens with zero attached hydrogens (tertiary/aromatic N) is 1. The Morgan fingerprint density at radius 2 is 2.33 bits per heavy atom. The van der Waals surface area contributed by atoms with Crippen molar-refractivity contribution in [1.82, 2.24) is 9.97 Å². The highest BCUT2D eigenvalue weighted by molar-refractivity contribution is 5.44. The molecule has 0 saturated carbocycles. The second kappa shape index (κ2) is 3.25. The van der Waals surface area contributed by atoms with Crippen LogP contribution in [0.2, 0.25) is 0 Å². The molecule has 66 valence electrons. The Bertz CT molecular complexity index is 332. The van der Waals surface area contributed by atoms with Crippen LogP contribution in [0.1, 0.15) is 19.2 Å². The molecule has 0 bridgehead atoms. The number of hydrogen-bond donors (Lipinski definition) is 3. The van der Waals surface area contributed by atoms with Gasteiger partial charge in [-0.3, -0.25) is 4.79 Å². The highest BCUT2D eigenvalue weighted by atomic mass is 16.3.